The maximum Gasteiger partial charge on any atom is 0.264 e. The molecular weight excluding hydrogens is 288 g/mol. The molecule has 2 aromatic rings. The number of phenolic OH excluding ortho intramolecular Hbond substituents is 1. The average molecular weight is 306 g/mol. The van der Waals surface area contributed by atoms with Gasteiger partial charge in [0, 0.05) is 18.8 Å². The van der Waals surface area contributed by atoms with Crippen molar-refractivity contribution in [2.24, 2.45) is 0 Å². The normalized spacial score (nSPS) is 11.3. The molecule has 2 aromatic carbocycles. The van der Waals surface area contributed by atoms with Crippen LogP contribution in [-0.4, -0.2) is 20.6 Å². The summed E-state index contributed by atoms with van der Waals surface area (Å²) < 4.78 is 26.7. The first-order valence-corrected chi connectivity index (χ1v) is 7.96. The van der Waals surface area contributed by atoms with E-state index in [1.54, 1.807) is 24.3 Å². The molecule has 0 aliphatic carbocycles. The second-order valence-corrected chi connectivity index (χ2v) is 6.65. The molecule has 0 saturated carbocycles. The third-order valence-electron chi connectivity index (χ3n) is 3.30. The molecule has 2 rings (SSSR count). The van der Waals surface area contributed by atoms with Crippen molar-refractivity contribution in [3.05, 3.63) is 48.0 Å². The van der Waals surface area contributed by atoms with Gasteiger partial charge in [0.1, 0.15) is 5.75 Å². The Hall–Kier alpha value is -2.21. The first kappa shape index (κ1) is 15.2. The number of rotatable bonds is 4. The van der Waals surface area contributed by atoms with Crippen molar-refractivity contribution >= 4 is 21.4 Å². The molecule has 0 atom stereocenters. The van der Waals surface area contributed by atoms with E-state index in [0.29, 0.717) is 23.4 Å². The van der Waals surface area contributed by atoms with Crippen molar-refractivity contribution in [1.29, 1.82) is 0 Å². The number of hydrogen-bond donors (Lipinski definition) is 2. The van der Waals surface area contributed by atoms with Crippen LogP contribution < -0.4 is 10.0 Å². The lowest BCUT2D eigenvalue weighted by Gasteiger charge is -2.21. The lowest BCUT2D eigenvalue weighted by atomic mass is 10.1. The number of sulfonamides is 1. The monoisotopic (exact) mass is 306 g/mol. The van der Waals surface area contributed by atoms with Crippen LogP contribution >= 0.6 is 0 Å². The Morgan fingerprint density at radius 3 is 2.52 bits per heavy atom. The molecule has 0 bridgehead atoms. The highest BCUT2D eigenvalue weighted by molar-refractivity contribution is 7.92. The summed E-state index contributed by atoms with van der Waals surface area (Å²) in [5.74, 6) is 0.0119. The van der Waals surface area contributed by atoms with Crippen LogP contribution in [0.2, 0.25) is 0 Å². The van der Waals surface area contributed by atoms with E-state index in [1.165, 1.54) is 25.2 Å². The highest BCUT2D eigenvalue weighted by Crippen LogP contribution is 2.28. The van der Waals surface area contributed by atoms with Crippen molar-refractivity contribution in [2.45, 2.75) is 18.2 Å². The minimum Gasteiger partial charge on any atom is -0.508 e. The van der Waals surface area contributed by atoms with Gasteiger partial charge in [-0.3, -0.25) is 4.31 Å². The molecule has 0 spiro atoms. The maximum atomic E-state index is 12.8. The summed E-state index contributed by atoms with van der Waals surface area (Å²) in [7, 11) is -2.28. The summed E-state index contributed by atoms with van der Waals surface area (Å²) in [5, 5.41) is 9.50. The van der Waals surface area contributed by atoms with Crippen LogP contribution in [-0.2, 0) is 16.4 Å². The number of aromatic hydroxyl groups is 1. The Kier molecular flexibility index (Phi) is 4.09. The van der Waals surface area contributed by atoms with Crippen LogP contribution in [0.5, 0.6) is 5.75 Å². The largest absolute Gasteiger partial charge is 0.508 e. The van der Waals surface area contributed by atoms with Gasteiger partial charge in [-0.15, -0.1) is 0 Å². The summed E-state index contributed by atoms with van der Waals surface area (Å²) in [5.41, 5.74) is 7.21. The van der Waals surface area contributed by atoms with Gasteiger partial charge in [-0.1, -0.05) is 19.1 Å². The molecule has 21 heavy (non-hydrogen) atoms. The molecule has 3 N–H and O–H groups in total. The minimum absolute atomic E-state index is 0.0119. The van der Waals surface area contributed by atoms with Crippen LogP contribution in [0.15, 0.2) is 47.4 Å². The van der Waals surface area contributed by atoms with Crippen LogP contribution in [0.4, 0.5) is 11.4 Å². The average Bonchev–Trinajstić information content (AvgIpc) is 2.46. The topological polar surface area (TPSA) is 83.6 Å². The van der Waals surface area contributed by atoms with Crippen molar-refractivity contribution in [2.75, 3.05) is 17.1 Å². The molecule has 6 heteroatoms. The summed E-state index contributed by atoms with van der Waals surface area (Å²) in [4.78, 5) is 0.191. The second kappa shape index (κ2) is 5.65. The Morgan fingerprint density at radius 2 is 1.90 bits per heavy atom. The number of nitrogens with two attached hydrogens (primary N) is 1. The highest BCUT2D eigenvalue weighted by Gasteiger charge is 2.24. The fraction of sp³-hybridized carbons (Fsp3) is 0.200. The Bertz CT molecular complexity index is 757. The van der Waals surface area contributed by atoms with Crippen LogP contribution in [0.25, 0.3) is 0 Å². The smallest absolute Gasteiger partial charge is 0.264 e. The zero-order valence-corrected chi connectivity index (χ0v) is 12.8. The number of aryl methyl sites for hydroxylation is 1. The van der Waals surface area contributed by atoms with E-state index in [9.17, 15) is 13.5 Å². The quantitative estimate of drug-likeness (QED) is 0.849. The Balaban J connectivity index is 2.54. The first-order chi connectivity index (χ1) is 9.86. The zero-order chi connectivity index (χ0) is 15.6. The van der Waals surface area contributed by atoms with Crippen molar-refractivity contribution in [3.63, 3.8) is 0 Å². The molecule has 0 heterocycles. The molecule has 0 radical (unpaired) electrons. The van der Waals surface area contributed by atoms with E-state index in [-0.39, 0.29) is 10.6 Å². The first-order valence-electron chi connectivity index (χ1n) is 6.52. The molecular formula is C15H18N2O3S. The summed E-state index contributed by atoms with van der Waals surface area (Å²) in [6.07, 6.45) is 0.586. The van der Waals surface area contributed by atoms with Gasteiger partial charge in [0.2, 0.25) is 0 Å². The van der Waals surface area contributed by atoms with Crippen LogP contribution in [0, 0.1) is 0 Å². The van der Waals surface area contributed by atoms with Crippen molar-refractivity contribution < 1.29 is 13.5 Å². The number of nitrogens with zero attached hydrogens (tertiary/aromatic N) is 1. The molecule has 0 saturated heterocycles. The van der Waals surface area contributed by atoms with Gasteiger partial charge in [0.05, 0.1) is 10.6 Å². The molecule has 0 fully saturated rings. The predicted octanol–water partition coefficient (Wildman–Crippen LogP) is 2.36. The molecule has 5 nitrogen and oxygen atoms in total. The fourth-order valence-electron chi connectivity index (χ4n) is 2.08. The summed E-state index contributed by atoms with van der Waals surface area (Å²) in [6, 6.07) is 11.0. The number of phenols is 1. The van der Waals surface area contributed by atoms with E-state index in [2.05, 4.69) is 0 Å². The van der Waals surface area contributed by atoms with Gasteiger partial charge in [-0.05, 0) is 36.2 Å². The highest BCUT2D eigenvalue weighted by atomic mass is 32.2. The van der Waals surface area contributed by atoms with Crippen molar-refractivity contribution in [1.82, 2.24) is 0 Å². The van der Waals surface area contributed by atoms with Gasteiger partial charge in [-0.2, -0.15) is 0 Å². The van der Waals surface area contributed by atoms with E-state index in [1.807, 2.05) is 6.92 Å². The number of anilines is 2. The Labute approximate surface area is 124 Å². The van der Waals surface area contributed by atoms with Gasteiger partial charge in [0.25, 0.3) is 10.0 Å². The zero-order valence-electron chi connectivity index (χ0n) is 11.9. The standard InChI is InChI=1S/C15H18N2O3S/c1-3-11-7-8-12(16)9-15(11)21(19,20)17(2)13-5-4-6-14(18)10-13/h4-10,18H,3,16H2,1-2H3. The summed E-state index contributed by atoms with van der Waals surface area (Å²) in [6.45, 7) is 1.89. The number of hydrogen-bond acceptors (Lipinski definition) is 4. The van der Waals surface area contributed by atoms with Gasteiger partial charge in [0.15, 0.2) is 0 Å². The molecule has 0 aliphatic heterocycles. The molecule has 0 unspecified atom stereocenters. The number of benzene rings is 2. The maximum absolute atomic E-state index is 12.8. The van der Waals surface area contributed by atoms with Gasteiger partial charge >= 0.3 is 0 Å². The minimum atomic E-state index is -3.73. The predicted molar refractivity (Wildman–Crippen MR) is 83.9 cm³/mol. The van der Waals surface area contributed by atoms with E-state index < -0.39 is 10.0 Å². The summed E-state index contributed by atoms with van der Waals surface area (Å²) >= 11 is 0. The molecule has 112 valence electrons. The second-order valence-electron chi connectivity index (χ2n) is 4.71. The van der Waals surface area contributed by atoms with E-state index in [0.717, 1.165) is 4.31 Å². The Morgan fingerprint density at radius 1 is 1.19 bits per heavy atom. The van der Waals surface area contributed by atoms with E-state index >= 15 is 0 Å². The van der Waals surface area contributed by atoms with Gasteiger partial charge < -0.3 is 10.8 Å². The lowest BCUT2D eigenvalue weighted by Crippen LogP contribution is -2.27. The number of nitrogen functional groups attached to an aromatic ring is 1. The molecule has 0 aliphatic rings. The lowest BCUT2D eigenvalue weighted by molar-refractivity contribution is 0.475. The third-order valence-corrected chi connectivity index (χ3v) is 5.17. The molecule has 0 amide bonds. The van der Waals surface area contributed by atoms with Crippen LogP contribution in [0.3, 0.4) is 0 Å². The van der Waals surface area contributed by atoms with Crippen molar-refractivity contribution in [3.8, 4) is 5.75 Å². The van der Waals surface area contributed by atoms with E-state index in [4.69, 9.17) is 5.73 Å². The fourth-order valence-corrected chi connectivity index (χ4v) is 3.59. The van der Waals surface area contributed by atoms with Gasteiger partial charge in [-0.25, -0.2) is 8.42 Å². The third kappa shape index (κ3) is 2.95. The van der Waals surface area contributed by atoms with Crippen LogP contribution in [0.1, 0.15) is 12.5 Å². The molecule has 0 aromatic heterocycles. The SMILES string of the molecule is CCc1ccc(N)cc1S(=O)(=O)N(C)c1cccc(O)c1.